The fraction of sp³-hybridized carbons (Fsp3) is 0.316. The minimum Gasteiger partial charge on any atom is -0.504 e. The summed E-state index contributed by atoms with van der Waals surface area (Å²) in [7, 11) is 0. The second kappa shape index (κ2) is 8.03. The third-order valence-corrected chi connectivity index (χ3v) is 3.25. The molecular formula is C19H21F2NO4. The summed E-state index contributed by atoms with van der Waals surface area (Å²) in [5, 5.41) is 12.5. The Balaban J connectivity index is 1.94. The van der Waals surface area contributed by atoms with Crippen LogP contribution in [0.15, 0.2) is 36.4 Å². The lowest BCUT2D eigenvalue weighted by Gasteiger charge is -2.19. The van der Waals surface area contributed by atoms with Crippen molar-refractivity contribution in [1.29, 1.82) is 0 Å². The number of phenolic OH excluding ortho intramolecular Hbond substituents is 1. The highest BCUT2D eigenvalue weighted by atomic mass is 19.2. The van der Waals surface area contributed by atoms with Gasteiger partial charge in [-0.1, -0.05) is 18.2 Å². The number of amides is 1. The summed E-state index contributed by atoms with van der Waals surface area (Å²) in [6.45, 7) is 5.54. The first-order valence-corrected chi connectivity index (χ1v) is 8.04. The fourth-order valence-corrected chi connectivity index (χ4v) is 2.16. The molecule has 0 heterocycles. The van der Waals surface area contributed by atoms with Crippen LogP contribution in [0, 0.1) is 11.6 Å². The molecule has 26 heavy (non-hydrogen) atoms. The van der Waals surface area contributed by atoms with E-state index in [-0.39, 0.29) is 30.2 Å². The number of rotatable bonds is 5. The number of halogens is 2. The van der Waals surface area contributed by atoms with Gasteiger partial charge in [-0.05, 0) is 44.5 Å². The standard InChI is InChI=1S/C19H21F2NO4/c1-19(2,3)26-18(24)22-9-10-25-16-8-7-12(11-15(16)23)13-5-4-6-14(20)17(13)21/h4-8,11,23H,9-10H2,1-3H3,(H,22,24). The molecule has 0 saturated heterocycles. The third kappa shape index (κ3) is 5.34. The summed E-state index contributed by atoms with van der Waals surface area (Å²) in [5.74, 6) is -2.00. The Kier molecular flexibility index (Phi) is 6.02. The van der Waals surface area contributed by atoms with Crippen molar-refractivity contribution in [1.82, 2.24) is 5.32 Å². The number of ether oxygens (including phenoxy) is 2. The molecule has 1 amide bonds. The van der Waals surface area contributed by atoms with E-state index < -0.39 is 23.3 Å². The van der Waals surface area contributed by atoms with E-state index >= 15 is 0 Å². The predicted octanol–water partition coefficient (Wildman–Crippen LogP) is 4.24. The maximum atomic E-state index is 13.8. The molecule has 7 heteroatoms. The Hall–Kier alpha value is -2.83. The molecular weight excluding hydrogens is 344 g/mol. The molecule has 140 valence electrons. The number of carbonyl (C=O) groups excluding carboxylic acids is 1. The van der Waals surface area contributed by atoms with E-state index in [9.17, 15) is 18.7 Å². The van der Waals surface area contributed by atoms with E-state index in [1.807, 2.05) is 0 Å². The van der Waals surface area contributed by atoms with Gasteiger partial charge in [0.05, 0.1) is 6.54 Å². The van der Waals surface area contributed by atoms with Gasteiger partial charge in [0.1, 0.15) is 12.2 Å². The summed E-state index contributed by atoms with van der Waals surface area (Å²) in [6, 6.07) is 8.06. The van der Waals surface area contributed by atoms with E-state index in [1.165, 1.54) is 30.3 Å². The van der Waals surface area contributed by atoms with Crippen LogP contribution in [0.3, 0.4) is 0 Å². The summed E-state index contributed by atoms with van der Waals surface area (Å²) in [4.78, 5) is 11.5. The lowest BCUT2D eigenvalue weighted by molar-refractivity contribution is 0.0520. The number of hydrogen-bond donors (Lipinski definition) is 2. The highest BCUT2D eigenvalue weighted by Crippen LogP contribution is 2.33. The van der Waals surface area contributed by atoms with Crippen LogP contribution in [-0.4, -0.2) is 30.0 Å². The van der Waals surface area contributed by atoms with Crippen molar-refractivity contribution in [3.8, 4) is 22.6 Å². The lowest BCUT2D eigenvalue weighted by Crippen LogP contribution is -2.34. The summed E-state index contributed by atoms with van der Waals surface area (Å²) >= 11 is 0. The normalized spacial score (nSPS) is 11.1. The Bertz CT molecular complexity index is 788. The smallest absolute Gasteiger partial charge is 0.407 e. The van der Waals surface area contributed by atoms with Crippen molar-refractivity contribution in [2.75, 3.05) is 13.2 Å². The molecule has 2 aromatic rings. The molecule has 2 rings (SSSR count). The minimum absolute atomic E-state index is 0.0402. The molecule has 0 spiro atoms. The van der Waals surface area contributed by atoms with E-state index in [1.54, 1.807) is 20.8 Å². The zero-order chi connectivity index (χ0) is 19.3. The molecule has 0 bridgehead atoms. The van der Waals surface area contributed by atoms with Crippen molar-refractivity contribution < 1.29 is 28.2 Å². The van der Waals surface area contributed by atoms with E-state index in [4.69, 9.17) is 9.47 Å². The van der Waals surface area contributed by atoms with Gasteiger partial charge in [0.15, 0.2) is 23.1 Å². The zero-order valence-electron chi connectivity index (χ0n) is 14.8. The minimum atomic E-state index is -0.984. The summed E-state index contributed by atoms with van der Waals surface area (Å²) in [6.07, 6.45) is -0.567. The number of nitrogens with one attached hydrogen (secondary N) is 1. The third-order valence-electron chi connectivity index (χ3n) is 3.25. The van der Waals surface area contributed by atoms with Gasteiger partial charge >= 0.3 is 6.09 Å². The maximum absolute atomic E-state index is 13.8. The number of phenols is 1. The second-order valence-electron chi connectivity index (χ2n) is 6.56. The van der Waals surface area contributed by atoms with Crippen LogP contribution in [0.25, 0.3) is 11.1 Å². The first-order chi connectivity index (χ1) is 12.2. The molecule has 0 aliphatic heterocycles. The molecule has 0 fully saturated rings. The van der Waals surface area contributed by atoms with Gasteiger partial charge in [0.25, 0.3) is 0 Å². The monoisotopic (exact) mass is 365 g/mol. The number of benzene rings is 2. The first-order valence-electron chi connectivity index (χ1n) is 8.04. The SMILES string of the molecule is CC(C)(C)OC(=O)NCCOc1ccc(-c2cccc(F)c2F)cc1O. The number of aromatic hydroxyl groups is 1. The van der Waals surface area contributed by atoms with Gasteiger partial charge in [-0.2, -0.15) is 0 Å². The van der Waals surface area contributed by atoms with E-state index in [2.05, 4.69) is 5.32 Å². The number of hydrogen-bond acceptors (Lipinski definition) is 4. The lowest BCUT2D eigenvalue weighted by atomic mass is 10.0. The average molecular weight is 365 g/mol. The Labute approximate surface area is 150 Å². The predicted molar refractivity (Wildman–Crippen MR) is 93.2 cm³/mol. The molecule has 2 N–H and O–H groups in total. The van der Waals surface area contributed by atoms with Crippen molar-refractivity contribution in [3.63, 3.8) is 0 Å². The maximum Gasteiger partial charge on any atom is 0.407 e. The van der Waals surface area contributed by atoms with Crippen molar-refractivity contribution in [2.24, 2.45) is 0 Å². The van der Waals surface area contributed by atoms with Gasteiger partial charge < -0.3 is 19.9 Å². The molecule has 0 radical (unpaired) electrons. The highest BCUT2D eigenvalue weighted by Gasteiger charge is 2.16. The van der Waals surface area contributed by atoms with Gasteiger partial charge in [-0.3, -0.25) is 0 Å². The average Bonchev–Trinajstić information content (AvgIpc) is 2.53. The topological polar surface area (TPSA) is 67.8 Å². The highest BCUT2D eigenvalue weighted by molar-refractivity contribution is 5.68. The van der Waals surface area contributed by atoms with Crippen LogP contribution >= 0.6 is 0 Å². The molecule has 0 aromatic heterocycles. The number of carbonyl (C=O) groups is 1. The largest absolute Gasteiger partial charge is 0.504 e. The van der Waals surface area contributed by atoms with Crippen molar-refractivity contribution in [2.45, 2.75) is 26.4 Å². The van der Waals surface area contributed by atoms with Gasteiger partial charge in [0, 0.05) is 5.56 Å². The molecule has 0 atom stereocenters. The van der Waals surface area contributed by atoms with Crippen LogP contribution in [0.1, 0.15) is 20.8 Å². The first kappa shape index (κ1) is 19.5. The molecule has 2 aromatic carbocycles. The van der Waals surface area contributed by atoms with Gasteiger partial charge in [-0.15, -0.1) is 0 Å². The Morgan fingerprint density at radius 1 is 1.19 bits per heavy atom. The Morgan fingerprint density at radius 2 is 1.92 bits per heavy atom. The quantitative estimate of drug-likeness (QED) is 0.778. The summed E-state index contributed by atoms with van der Waals surface area (Å²) in [5.41, 5.74) is -0.234. The fourth-order valence-electron chi connectivity index (χ4n) is 2.16. The molecule has 0 aliphatic carbocycles. The summed E-state index contributed by atoms with van der Waals surface area (Å²) < 4.78 is 37.6. The van der Waals surface area contributed by atoms with Crippen LogP contribution < -0.4 is 10.1 Å². The molecule has 0 unspecified atom stereocenters. The van der Waals surface area contributed by atoms with Gasteiger partial charge in [-0.25, -0.2) is 13.6 Å². The van der Waals surface area contributed by atoms with Crippen LogP contribution in [0.4, 0.5) is 13.6 Å². The molecule has 0 saturated carbocycles. The zero-order valence-corrected chi connectivity index (χ0v) is 14.8. The second-order valence-corrected chi connectivity index (χ2v) is 6.56. The van der Waals surface area contributed by atoms with Gasteiger partial charge in [0.2, 0.25) is 0 Å². The van der Waals surface area contributed by atoms with Crippen LogP contribution in [0.5, 0.6) is 11.5 Å². The Morgan fingerprint density at radius 3 is 2.58 bits per heavy atom. The van der Waals surface area contributed by atoms with Crippen molar-refractivity contribution in [3.05, 3.63) is 48.0 Å². The van der Waals surface area contributed by atoms with Crippen LogP contribution in [-0.2, 0) is 4.74 Å². The van der Waals surface area contributed by atoms with Crippen LogP contribution in [0.2, 0.25) is 0 Å². The van der Waals surface area contributed by atoms with Crippen molar-refractivity contribution >= 4 is 6.09 Å². The van der Waals surface area contributed by atoms with E-state index in [0.29, 0.717) is 5.56 Å². The molecule has 5 nitrogen and oxygen atoms in total. The molecule has 0 aliphatic rings. The van der Waals surface area contributed by atoms with E-state index in [0.717, 1.165) is 6.07 Å². The number of alkyl carbamates (subject to hydrolysis) is 1.